The number of nitrogens with one attached hydrogen (secondary N) is 6. The molecule has 5 rings (SSSR count). The van der Waals surface area contributed by atoms with Crippen LogP contribution in [0.5, 0.6) is 0 Å². The summed E-state index contributed by atoms with van der Waals surface area (Å²) in [7, 11) is 0. The van der Waals surface area contributed by atoms with Crippen molar-refractivity contribution in [3.8, 4) is 0 Å². The summed E-state index contributed by atoms with van der Waals surface area (Å²) in [4.78, 5) is 66.5. The Morgan fingerprint density at radius 1 is 0.574 bits per heavy atom. The van der Waals surface area contributed by atoms with Crippen LogP contribution in [0.4, 0.5) is 0 Å². The van der Waals surface area contributed by atoms with Gasteiger partial charge in [-0.2, -0.15) is 0 Å². The van der Waals surface area contributed by atoms with Gasteiger partial charge < -0.3 is 0 Å². The van der Waals surface area contributed by atoms with Gasteiger partial charge in [-0.25, -0.2) is 20.8 Å². The molecule has 0 saturated heterocycles. The van der Waals surface area contributed by atoms with Gasteiger partial charge in [-0.1, -0.05) is 36.4 Å². The van der Waals surface area contributed by atoms with Crippen LogP contribution in [0.1, 0.15) is 59.5 Å². The second-order valence-corrected chi connectivity index (χ2v) is 13.1. The molecule has 2 aromatic heterocycles. The SMILES string of the molecule is CC(=O)N/N=C1N=C(C)/C(=C(\C=Cc2ccc(C=C/C(NNC(=O)c3ccncc3)=C3\S/C(=N/NC(C)=O)N=C3C)cc2)NNC(=O)c2ccncc2)S/1. The van der Waals surface area contributed by atoms with Crippen molar-refractivity contribution >= 4 is 81.1 Å². The molecule has 2 aliphatic rings. The number of pyridine rings is 2. The van der Waals surface area contributed by atoms with Crippen LogP contribution in [0.2, 0.25) is 0 Å². The van der Waals surface area contributed by atoms with Gasteiger partial charge in [-0.05, 0) is 84.9 Å². The van der Waals surface area contributed by atoms with Crippen molar-refractivity contribution < 1.29 is 19.2 Å². The average Bonchev–Trinajstić information content (AvgIpc) is 3.74. The highest BCUT2D eigenvalue weighted by Gasteiger charge is 2.22. The molecule has 0 radical (unpaired) electrons. The summed E-state index contributed by atoms with van der Waals surface area (Å²) >= 11 is 2.47. The zero-order valence-corrected chi connectivity index (χ0v) is 31.0. The van der Waals surface area contributed by atoms with E-state index in [-0.39, 0.29) is 23.6 Å². The van der Waals surface area contributed by atoms with Crippen molar-refractivity contribution in [1.82, 2.24) is 42.5 Å². The van der Waals surface area contributed by atoms with E-state index in [1.807, 2.05) is 36.4 Å². The van der Waals surface area contributed by atoms with E-state index in [9.17, 15) is 19.2 Å². The number of allylic oxidation sites excluding steroid dienone is 4. The Kier molecular flexibility index (Phi) is 13.4. The van der Waals surface area contributed by atoms with E-state index < -0.39 is 0 Å². The number of hydrogen-bond acceptors (Lipinski definition) is 12. The molecule has 54 heavy (non-hydrogen) atoms. The first-order chi connectivity index (χ1) is 26.0. The lowest BCUT2D eigenvalue weighted by atomic mass is 10.1. The quantitative estimate of drug-likeness (QED) is 0.146. The molecule has 4 heterocycles. The van der Waals surface area contributed by atoms with E-state index >= 15 is 0 Å². The van der Waals surface area contributed by atoms with Crippen LogP contribution in [0.25, 0.3) is 12.2 Å². The van der Waals surface area contributed by atoms with Crippen LogP contribution in [0.3, 0.4) is 0 Å². The van der Waals surface area contributed by atoms with E-state index in [0.717, 1.165) is 11.1 Å². The largest absolute Gasteiger partial charge is 0.297 e. The van der Waals surface area contributed by atoms with Gasteiger partial charge in [0, 0.05) is 49.8 Å². The number of aromatic nitrogens is 2. The Balaban J connectivity index is 1.35. The monoisotopic (exact) mass is 762 g/mol. The number of hydrazine groups is 2. The van der Waals surface area contributed by atoms with E-state index in [1.54, 1.807) is 50.3 Å². The number of carbonyl (C=O) groups is 4. The molecule has 2 aliphatic heterocycles. The lowest BCUT2D eigenvalue weighted by Crippen LogP contribution is -2.37. The van der Waals surface area contributed by atoms with Gasteiger partial charge in [0.15, 0.2) is 0 Å². The normalized spacial score (nSPS) is 17.3. The molecule has 0 unspecified atom stereocenters. The van der Waals surface area contributed by atoms with Gasteiger partial charge in [-0.15, -0.1) is 10.2 Å². The third kappa shape index (κ3) is 11.2. The molecule has 0 fully saturated rings. The number of aliphatic imine (C=N–C) groups is 2. The van der Waals surface area contributed by atoms with Gasteiger partial charge in [0.25, 0.3) is 11.8 Å². The zero-order valence-electron chi connectivity index (χ0n) is 29.4. The Bertz CT molecular complexity index is 2020. The van der Waals surface area contributed by atoms with Crippen molar-refractivity contribution in [2.45, 2.75) is 27.7 Å². The van der Waals surface area contributed by atoms with E-state index in [2.05, 4.69) is 62.7 Å². The van der Waals surface area contributed by atoms with Gasteiger partial charge >= 0.3 is 0 Å². The number of thioether (sulfide) groups is 2. The third-order valence-electron chi connectivity index (χ3n) is 7.01. The van der Waals surface area contributed by atoms with Crippen LogP contribution in [0, 0.1) is 0 Å². The van der Waals surface area contributed by atoms with Crippen LogP contribution < -0.4 is 32.6 Å². The Morgan fingerprint density at radius 2 is 0.944 bits per heavy atom. The number of hydrogen-bond donors (Lipinski definition) is 6. The van der Waals surface area contributed by atoms with Crippen molar-refractivity contribution in [2.75, 3.05) is 0 Å². The number of nitrogens with zero attached hydrogens (tertiary/aromatic N) is 6. The minimum atomic E-state index is -0.362. The summed E-state index contributed by atoms with van der Waals surface area (Å²) in [5, 5.41) is 8.76. The Morgan fingerprint density at radius 3 is 1.30 bits per heavy atom. The molecule has 3 aromatic rings. The van der Waals surface area contributed by atoms with Crippen LogP contribution in [-0.2, 0) is 9.59 Å². The van der Waals surface area contributed by atoms with Crippen molar-refractivity contribution in [3.63, 3.8) is 0 Å². The van der Waals surface area contributed by atoms with E-state index in [4.69, 9.17) is 0 Å². The summed E-state index contributed by atoms with van der Waals surface area (Å²) < 4.78 is 0. The summed E-state index contributed by atoms with van der Waals surface area (Å²) in [5.41, 5.74) is 21.1. The molecule has 0 saturated carbocycles. The maximum absolute atomic E-state index is 12.8. The van der Waals surface area contributed by atoms with E-state index in [1.165, 1.54) is 62.2 Å². The second kappa shape index (κ2) is 18.7. The maximum atomic E-state index is 12.8. The predicted molar refractivity (Wildman–Crippen MR) is 212 cm³/mol. The fourth-order valence-electron chi connectivity index (χ4n) is 4.44. The Labute approximate surface area is 318 Å². The zero-order chi connectivity index (χ0) is 38.5. The smallest absolute Gasteiger partial charge is 0.269 e. The molecule has 274 valence electrons. The van der Waals surface area contributed by atoms with Crippen molar-refractivity contribution in [2.24, 2.45) is 20.2 Å². The molecule has 16 nitrogen and oxygen atoms in total. The fraction of sp³-hybridized carbons (Fsp3) is 0.111. The molecule has 0 atom stereocenters. The first-order valence-electron chi connectivity index (χ1n) is 16.1. The summed E-state index contributed by atoms with van der Waals surface area (Å²) in [6.45, 7) is 6.31. The topological polar surface area (TPSA) is 216 Å². The number of benzene rings is 1. The number of amides is 4. The number of rotatable bonds is 12. The highest BCUT2D eigenvalue weighted by atomic mass is 32.2. The standard InChI is InChI=1S/C36H34N12O4S2/c1-21-31(53-35(39-21)47-41-23(3)49)29(43-45-33(51)27-13-17-37-18-14-27)11-9-25-5-7-26(8-6-25)10-12-30(44-46-34(52)28-15-19-38-20-16-28)32-22(2)40-36(54-32)48-42-24(4)50/h5-20,43-44H,1-4H3,(H,41,49)(H,42,50)(H,45,51)(H,46,52)/b11-9?,12-10?,31-29-,32-30+,47-35-,48-36+. The maximum Gasteiger partial charge on any atom is 0.269 e. The highest BCUT2D eigenvalue weighted by molar-refractivity contribution is 8.18. The average molecular weight is 763 g/mol. The first kappa shape index (κ1) is 38.6. The van der Waals surface area contributed by atoms with Crippen LogP contribution >= 0.6 is 23.5 Å². The van der Waals surface area contributed by atoms with Gasteiger partial charge in [0.05, 0.1) is 32.6 Å². The molecule has 0 bridgehead atoms. The van der Waals surface area contributed by atoms with Gasteiger partial charge in [-0.3, -0.25) is 50.8 Å². The molecule has 18 heteroatoms. The van der Waals surface area contributed by atoms with Crippen LogP contribution in [-0.4, -0.2) is 55.4 Å². The lowest BCUT2D eigenvalue weighted by molar-refractivity contribution is -0.119. The molecular formula is C36H34N12O4S2. The summed E-state index contributed by atoms with van der Waals surface area (Å²) in [6.07, 6.45) is 13.5. The molecule has 6 N–H and O–H groups in total. The molecule has 0 aliphatic carbocycles. The highest BCUT2D eigenvalue weighted by Crippen LogP contribution is 2.31. The summed E-state index contributed by atoms with van der Waals surface area (Å²) in [6, 6.07) is 14.1. The summed E-state index contributed by atoms with van der Waals surface area (Å²) in [5.74, 6) is -1.37. The fourth-order valence-corrected chi connectivity index (χ4v) is 6.20. The van der Waals surface area contributed by atoms with Gasteiger partial charge in [0.1, 0.15) is 0 Å². The third-order valence-corrected chi connectivity index (χ3v) is 9.17. The van der Waals surface area contributed by atoms with Gasteiger partial charge in [0.2, 0.25) is 22.1 Å². The van der Waals surface area contributed by atoms with Crippen molar-refractivity contribution in [1.29, 1.82) is 0 Å². The Hall–Kier alpha value is -6.66. The first-order valence-corrected chi connectivity index (χ1v) is 17.7. The number of hydrazone groups is 2. The van der Waals surface area contributed by atoms with E-state index in [0.29, 0.717) is 54.1 Å². The molecule has 0 spiro atoms. The number of amidine groups is 2. The van der Waals surface area contributed by atoms with Crippen molar-refractivity contribution in [3.05, 3.63) is 129 Å². The molecule has 4 amide bonds. The molecule has 1 aromatic carbocycles. The minimum Gasteiger partial charge on any atom is -0.297 e. The predicted octanol–water partition coefficient (Wildman–Crippen LogP) is 4.03. The van der Waals surface area contributed by atoms with Crippen LogP contribution in [0.15, 0.2) is 127 Å². The lowest BCUT2D eigenvalue weighted by Gasteiger charge is -2.12. The number of carbonyl (C=O) groups excluding carboxylic acids is 4. The minimum absolute atomic E-state index is 0.324. The second-order valence-electron chi connectivity index (χ2n) is 11.2. The molecular weight excluding hydrogens is 729 g/mol.